The minimum absolute atomic E-state index is 0.778. The number of benzene rings is 1. The first-order valence-electron chi connectivity index (χ1n) is 11.3. The molecule has 0 bridgehead atoms. The Morgan fingerprint density at radius 3 is 1.61 bits per heavy atom. The maximum absolute atomic E-state index is 9.67. The van der Waals surface area contributed by atoms with Gasteiger partial charge in [0.15, 0.2) is 0 Å². The maximum atomic E-state index is 9.67. The normalized spacial score (nSPS) is 16.3. The molecule has 0 unspecified atom stereocenters. The molecule has 166 valence electrons. The number of nitrogens with one attached hydrogen (secondary N) is 1. The Kier molecular flexibility index (Phi) is 23.2. The van der Waals surface area contributed by atoms with Crippen molar-refractivity contribution in [2.45, 2.75) is 112 Å². The lowest BCUT2D eigenvalue weighted by Gasteiger charge is -2.15. The van der Waals surface area contributed by atoms with Gasteiger partial charge < -0.3 is 5.32 Å². The van der Waals surface area contributed by atoms with Gasteiger partial charge in [-0.3, -0.25) is 0 Å². The standard InChI is InChI=1S/C12H17N.C7H14.2C2H6.CHF3/c1-2-6-11(7-3-1)10-13-12-8-4-5-9-12;1-7-5-3-2-4-6-7;2*1-2;2-1(3)4/h1-3,6-7,12-13H,4-5,8-10H2;7H,2-6H2,1H3;2*1-2H3;1H. The topological polar surface area (TPSA) is 12.0 Å². The highest BCUT2D eigenvalue weighted by Crippen LogP contribution is 2.22. The van der Waals surface area contributed by atoms with Gasteiger partial charge in [0, 0.05) is 12.6 Å². The number of halogens is 3. The van der Waals surface area contributed by atoms with Crippen LogP contribution in [0.1, 0.15) is 98.0 Å². The first kappa shape index (κ1) is 29.2. The van der Waals surface area contributed by atoms with Crippen LogP contribution in [-0.2, 0) is 6.54 Å². The lowest BCUT2D eigenvalue weighted by molar-refractivity contribution is 0.00819. The number of rotatable bonds is 3. The molecule has 0 radical (unpaired) electrons. The zero-order valence-electron chi connectivity index (χ0n) is 18.8. The lowest BCUT2D eigenvalue weighted by atomic mass is 9.91. The zero-order chi connectivity index (χ0) is 21.6. The second-order valence-corrected chi connectivity index (χ2v) is 6.84. The van der Waals surface area contributed by atoms with Gasteiger partial charge in [0.25, 0.3) is 0 Å². The first-order chi connectivity index (χ1) is 13.6. The van der Waals surface area contributed by atoms with Crippen molar-refractivity contribution < 1.29 is 13.2 Å². The summed E-state index contributed by atoms with van der Waals surface area (Å²) in [5.41, 5.74) is 1.40. The van der Waals surface area contributed by atoms with Crippen molar-refractivity contribution >= 4 is 0 Å². The molecule has 2 saturated carbocycles. The third kappa shape index (κ3) is 19.7. The van der Waals surface area contributed by atoms with Gasteiger partial charge in [0.05, 0.1) is 0 Å². The van der Waals surface area contributed by atoms with Gasteiger partial charge in [0.2, 0.25) is 0 Å². The summed E-state index contributed by atoms with van der Waals surface area (Å²) >= 11 is 0. The third-order valence-electron chi connectivity index (χ3n) is 4.69. The molecular weight excluding hydrogens is 359 g/mol. The van der Waals surface area contributed by atoms with E-state index in [4.69, 9.17) is 0 Å². The van der Waals surface area contributed by atoms with Gasteiger partial charge in [0.1, 0.15) is 0 Å². The van der Waals surface area contributed by atoms with Crippen LogP contribution >= 0.6 is 0 Å². The summed E-state index contributed by atoms with van der Waals surface area (Å²) < 4.78 is 29.0. The van der Waals surface area contributed by atoms with Gasteiger partial charge in [-0.25, -0.2) is 0 Å². The molecule has 1 N–H and O–H groups in total. The van der Waals surface area contributed by atoms with Crippen LogP contribution in [0.25, 0.3) is 0 Å². The van der Waals surface area contributed by atoms with Gasteiger partial charge in [-0.1, -0.05) is 110 Å². The van der Waals surface area contributed by atoms with Crippen molar-refractivity contribution in [3.8, 4) is 0 Å². The molecule has 2 aliphatic carbocycles. The van der Waals surface area contributed by atoms with E-state index in [0.717, 1.165) is 18.5 Å². The Morgan fingerprint density at radius 2 is 1.21 bits per heavy atom. The molecule has 0 heterocycles. The van der Waals surface area contributed by atoms with E-state index in [1.807, 2.05) is 27.7 Å². The van der Waals surface area contributed by atoms with Crippen LogP contribution in [0, 0.1) is 5.92 Å². The second kappa shape index (κ2) is 22.3. The fourth-order valence-electron chi connectivity index (χ4n) is 3.29. The van der Waals surface area contributed by atoms with E-state index in [1.54, 1.807) is 0 Å². The molecule has 1 aromatic rings. The molecule has 4 heteroatoms. The maximum Gasteiger partial charge on any atom is 0.379 e. The van der Waals surface area contributed by atoms with Crippen molar-refractivity contribution in [3.05, 3.63) is 35.9 Å². The van der Waals surface area contributed by atoms with Gasteiger partial charge in [-0.05, 0) is 24.3 Å². The Balaban J connectivity index is 0. The Bertz CT molecular complexity index is 383. The van der Waals surface area contributed by atoms with Crippen molar-refractivity contribution in [3.63, 3.8) is 0 Å². The van der Waals surface area contributed by atoms with Gasteiger partial charge in [-0.15, -0.1) is 0 Å². The summed E-state index contributed by atoms with van der Waals surface area (Å²) in [6, 6.07) is 11.4. The highest BCUT2D eigenvalue weighted by Gasteiger charge is 2.13. The molecule has 1 nitrogen and oxygen atoms in total. The Labute approximate surface area is 172 Å². The minimum atomic E-state index is -3.67. The van der Waals surface area contributed by atoms with Crippen molar-refractivity contribution in [1.82, 2.24) is 5.32 Å². The molecule has 0 aromatic heterocycles. The molecule has 3 rings (SSSR count). The number of hydrogen-bond donors (Lipinski definition) is 1. The van der Waals surface area contributed by atoms with Crippen LogP contribution < -0.4 is 5.32 Å². The highest BCUT2D eigenvalue weighted by atomic mass is 19.4. The second-order valence-electron chi connectivity index (χ2n) is 6.84. The van der Waals surface area contributed by atoms with E-state index in [-0.39, 0.29) is 0 Å². The third-order valence-corrected chi connectivity index (χ3v) is 4.69. The largest absolute Gasteiger partial charge is 0.379 e. The van der Waals surface area contributed by atoms with Crippen LogP contribution in [0.3, 0.4) is 0 Å². The molecule has 28 heavy (non-hydrogen) atoms. The molecule has 0 spiro atoms. The number of alkyl halides is 3. The highest BCUT2D eigenvalue weighted by molar-refractivity contribution is 5.14. The summed E-state index contributed by atoms with van der Waals surface area (Å²) in [5, 5.41) is 3.60. The molecule has 0 atom stereocenters. The summed E-state index contributed by atoms with van der Waals surface area (Å²) in [5.74, 6) is 1.04. The van der Waals surface area contributed by atoms with E-state index in [0.29, 0.717) is 0 Å². The summed E-state index contributed by atoms with van der Waals surface area (Å²) in [6.45, 7) is 7.73. The fourth-order valence-corrected chi connectivity index (χ4v) is 3.29. The van der Waals surface area contributed by atoms with Crippen LogP contribution in [0.4, 0.5) is 13.2 Å². The fraction of sp³-hybridized carbons (Fsp3) is 0.750. The van der Waals surface area contributed by atoms with E-state index < -0.39 is 6.68 Å². The van der Waals surface area contributed by atoms with Gasteiger partial charge >= 0.3 is 6.68 Å². The summed E-state index contributed by atoms with van der Waals surface area (Å²) in [7, 11) is 0. The average Bonchev–Trinajstić information content (AvgIpc) is 3.25. The molecule has 2 fully saturated rings. The van der Waals surface area contributed by atoms with Crippen LogP contribution in [0.5, 0.6) is 0 Å². The molecule has 0 amide bonds. The van der Waals surface area contributed by atoms with Gasteiger partial charge in [-0.2, -0.15) is 13.2 Å². The smallest absolute Gasteiger partial charge is 0.310 e. The minimum Gasteiger partial charge on any atom is -0.310 e. The van der Waals surface area contributed by atoms with E-state index >= 15 is 0 Å². The quantitative estimate of drug-likeness (QED) is 0.533. The van der Waals surface area contributed by atoms with Crippen LogP contribution in [0.15, 0.2) is 30.3 Å². The number of hydrogen-bond acceptors (Lipinski definition) is 1. The zero-order valence-corrected chi connectivity index (χ0v) is 18.8. The van der Waals surface area contributed by atoms with Crippen molar-refractivity contribution in [2.75, 3.05) is 0 Å². The monoisotopic (exact) mass is 403 g/mol. The van der Waals surface area contributed by atoms with E-state index in [2.05, 4.69) is 42.6 Å². The van der Waals surface area contributed by atoms with Crippen LogP contribution in [0.2, 0.25) is 0 Å². The Morgan fingerprint density at radius 1 is 0.786 bits per heavy atom. The predicted molar refractivity (Wildman–Crippen MR) is 118 cm³/mol. The molecule has 1 aromatic carbocycles. The lowest BCUT2D eigenvalue weighted by Crippen LogP contribution is -2.25. The first-order valence-corrected chi connectivity index (χ1v) is 11.3. The molecule has 0 aliphatic heterocycles. The van der Waals surface area contributed by atoms with E-state index in [1.165, 1.54) is 63.4 Å². The van der Waals surface area contributed by atoms with Crippen LogP contribution in [-0.4, -0.2) is 12.7 Å². The van der Waals surface area contributed by atoms with E-state index in [9.17, 15) is 13.2 Å². The average molecular weight is 404 g/mol. The molecule has 0 saturated heterocycles. The predicted octanol–water partition coefficient (Wildman–Crippen LogP) is 8.54. The summed E-state index contributed by atoms with van der Waals surface area (Å²) in [4.78, 5) is 0. The molecular formula is C24H44F3N. The van der Waals surface area contributed by atoms with Crippen molar-refractivity contribution in [1.29, 1.82) is 0 Å². The SMILES string of the molecule is CC.CC.CC1CCCCC1.FC(F)F.c1ccc(CNC2CCCC2)cc1. The Hall–Kier alpha value is -1.03. The molecule has 2 aliphatic rings. The van der Waals surface area contributed by atoms with Crippen molar-refractivity contribution in [2.24, 2.45) is 5.92 Å². The summed E-state index contributed by atoms with van der Waals surface area (Å²) in [6.07, 6.45) is 13.0.